The first-order valence-corrected chi connectivity index (χ1v) is 25.8. The number of aromatic nitrogens is 2. The Morgan fingerprint density at radius 3 is 1.85 bits per heavy atom. The van der Waals surface area contributed by atoms with Gasteiger partial charge in [0.25, 0.3) is 0 Å². The first-order chi connectivity index (χ1) is 32.4. The number of rotatable bonds is 11. The summed E-state index contributed by atoms with van der Waals surface area (Å²) < 4.78 is 0. The van der Waals surface area contributed by atoms with Gasteiger partial charge in [-0.2, -0.15) is 0 Å². The van der Waals surface area contributed by atoms with Crippen molar-refractivity contribution in [1.82, 2.24) is 19.8 Å². The molecule has 1 amide bonds. The van der Waals surface area contributed by atoms with Crippen LogP contribution in [0, 0.1) is 29.6 Å². The number of nitrogens with one attached hydrogen (secondary N) is 1. The number of piperidine rings is 1. The predicted octanol–water partition coefficient (Wildman–Crippen LogP) is 13.9. The van der Waals surface area contributed by atoms with Gasteiger partial charge >= 0.3 is 0 Å². The monoisotopic (exact) mass is 887 g/mol. The lowest BCUT2D eigenvalue weighted by Gasteiger charge is -2.46. The van der Waals surface area contributed by atoms with E-state index >= 15 is 0 Å². The van der Waals surface area contributed by atoms with Gasteiger partial charge in [0.15, 0.2) is 0 Å². The van der Waals surface area contributed by atoms with Crippen molar-refractivity contribution in [1.29, 1.82) is 0 Å². The largest absolute Gasteiger partial charge is 0.375 e. The quantitative estimate of drug-likeness (QED) is 0.134. The number of carbonyl (C=O) groups is 2. The fourth-order valence-electron chi connectivity index (χ4n) is 11.5. The van der Waals surface area contributed by atoms with E-state index in [2.05, 4.69) is 125 Å². The number of likely N-dealkylation sites (tertiary alicyclic amines) is 2. The number of imidazole rings is 1. The van der Waals surface area contributed by atoms with Crippen molar-refractivity contribution in [2.24, 2.45) is 29.6 Å². The molecule has 0 spiro atoms. The van der Waals surface area contributed by atoms with E-state index in [-0.39, 0.29) is 0 Å². The van der Waals surface area contributed by atoms with Crippen LogP contribution in [0.4, 0.5) is 0 Å². The van der Waals surface area contributed by atoms with E-state index in [1.54, 1.807) is 11.8 Å². The number of amides is 1. The van der Waals surface area contributed by atoms with Crippen molar-refractivity contribution in [3.8, 4) is 0 Å². The Morgan fingerprint density at radius 1 is 0.682 bits per heavy atom. The maximum absolute atomic E-state index is 12.7. The third kappa shape index (κ3) is 14.4. The smallest absolute Gasteiger partial charge is 0.223 e. The molecule has 5 aliphatic rings. The topological polar surface area (TPSA) is 69.3 Å². The number of para-hydroxylation sites is 2. The van der Waals surface area contributed by atoms with Crippen molar-refractivity contribution in [3.05, 3.63) is 162 Å². The summed E-state index contributed by atoms with van der Waals surface area (Å²) in [5.74, 6) is 5.00. The zero-order chi connectivity index (χ0) is 45.9. The maximum atomic E-state index is 12.7. The van der Waals surface area contributed by atoms with Gasteiger partial charge in [-0.25, -0.2) is 4.98 Å². The summed E-state index contributed by atoms with van der Waals surface area (Å²) in [5, 5.41) is 0. The average molecular weight is 887 g/mol. The van der Waals surface area contributed by atoms with Crippen molar-refractivity contribution >= 4 is 22.7 Å². The number of ketones is 1. The first-order valence-electron chi connectivity index (χ1n) is 25.8. The molecule has 6 heteroatoms. The Kier molecular flexibility index (Phi) is 18.9. The van der Waals surface area contributed by atoms with E-state index in [0.717, 1.165) is 80.1 Å². The van der Waals surface area contributed by atoms with E-state index < -0.39 is 0 Å². The highest BCUT2D eigenvalue weighted by molar-refractivity contribution is 5.81. The Morgan fingerprint density at radius 2 is 1.26 bits per heavy atom. The molecule has 1 aromatic heterocycles. The third-order valence-electron chi connectivity index (χ3n) is 14.9. The first kappa shape index (κ1) is 48.7. The minimum atomic E-state index is 0.295. The summed E-state index contributed by atoms with van der Waals surface area (Å²) in [4.78, 5) is 37.3. The number of aromatic amines is 1. The molecule has 2 saturated heterocycles. The summed E-state index contributed by atoms with van der Waals surface area (Å²) in [6.07, 6.45) is 25.1. The number of allylic oxidation sites excluding steroid dienone is 3. The van der Waals surface area contributed by atoms with Crippen LogP contribution < -0.4 is 0 Å². The molecule has 0 bridgehead atoms. The fourth-order valence-corrected chi connectivity index (χ4v) is 11.5. The van der Waals surface area contributed by atoms with Crippen LogP contribution in [0.5, 0.6) is 0 Å². The number of hydrogen-bond donors (Lipinski definition) is 1. The second-order valence-electron chi connectivity index (χ2n) is 19.9. The van der Waals surface area contributed by atoms with Gasteiger partial charge in [0, 0.05) is 43.6 Å². The lowest BCUT2D eigenvalue weighted by Crippen LogP contribution is -2.50. The maximum Gasteiger partial charge on any atom is 0.223 e. The number of carbonyl (C=O) groups excluding carboxylic acids is 2. The zero-order valence-corrected chi connectivity index (χ0v) is 40.3. The molecule has 2 saturated carbocycles. The van der Waals surface area contributed by atoms with Gasteiger partial charge < -0.3 is 14.8 Å². The van der Waals surface area contributed by atoms with Crippen LogP contribution in [-0.4, -0.2) is 50.6 Å². The normalized spacial score (nSPS) is 23.8. The van der Waals surface area contributed by atoms with Gasteiger partial charge in [0.05, 0.1) is 17.6 Å². The molecule has 1 N–H and O–H groups in total. The summed E-state index contributed by atoms with van der Waals surface area (Å²) in [6.45, 7) is 10.6. The second kappa shape index (κ2) is 25.6. The van der Waals surface area contributed by atoms with Gasteiger partial charge in [-0.05, 0) is 156 Å². The lowest BCUT2D eigenvalue weighted by atomic mass is 9.71. The molecular formula is C60H78N4O2. The number of nitrogens with zero attached hydrogens (tertiary/aromatic N) is 3. The van der Waals surface area contributed by atoms with Crippen LogP contribution in [0.25, 0.3) is 11.0 Å². The van der Waals surface area contributed by atoms with Crippen LogP contribution in [0.1, 0.15) is 133 Å². The fraction of sp³-hybridized carbons (Fsp3) is 0.483. The van der Waals surface area contributed by atoms with Crippen molar-refractivity contribution < 1.29 is 9.59 Å². The number of fused-ring (bicyclic) bond motifs is 2. The molecule has 6 nitrogen and oxygen atoms in total. The summed E-state index contributed by atoms with van der Waals surface area (Å²) in [7, 11) is 0. The third-order valence-corrected chi connectivity index (χ3v) is 14.9. The van der Waals surface area contributed by atoms with E-state index in [0.29, 0.717) is 48.5 Å². The van der Waals surface area contributed by atoms with Gasteiger partial charge in [0.1, 0.15) is 11.6 Å². The number of Topliss-reactive ketones (excluding diaryl/α,β-unsaturated/α-hetero) is 1. The molecule has 2 aliphatic heterocycles. The highest BCUT2D eigenvalue weighted by Gasteiger charge is 2.40. The van der Waals surface area contributed by atoms with Crippen LogP contribution in [0.3, 0.4) is 0 Å². The molecule has 3 heterocycles. The molecule has 0 radical (unpaired) electrons. The highest BCUT2D eigenvalue weighted by atomic mass is 16.2. The van der Waals surface area contributed by atoms with Crippen LogP contribution in [0.2, 0.25) is 0 Å². The zero-order valence-electron chi connectivity index (χ0n) is 40.3. The van der Waals surface area contributed by atoms with Crippen molar-refractivity contribution in [2.45, 2.75) is 142 Å². The van der Waals surface area contributed by atoms with E-state index in [4.69, 9.17) is 4.98 Å². The van der Waals surface area contributed by atoms with E-state index in [1.165, 1.54) is 87.6 Å². The summed E-state index contributed by atoms with van der Waals surface area (Å²) in [6, 6.07) is 40.9. The Hall–Kier alpha value is -5.23. The highest BCUT2D eigenvalue weighted by Crippen LogP contribution is 2.40. The van der Waals surface area contributed by atoms with Crippen molar-refractivity contribution in [3.63, 3.8) is 0 Å². The molecule has 66 heavy (non-hydrogen) atoms. The van der Waals surface area contributed by atoms with E-state index in [9.17, 15) is 9.59 Å². The molecule has 4 aromatic carbocycles. The predicted molar refractivity (Wildman–Crippen MR) is 274 cm³/mol. The van der Waals surface area contributed by atoms with Gasteiger partial charge in [-0.15, -0.1) is 6.58 Å². The van der Waals surface area contributed by atoms with Crippen LogP contribution in [0.15, 0.2) is 140 Å². The Balaban J connectivity index is 0.000000149. The number of hydrogen-bond acceptors (Lipinski definition) is 4. The molecule has 350 valence electrons. The molecular weight excluding hydrogens is 809 g/mol. The van der Waals surface area contributed by atoms with Crippen molar-refractivity contribution in [2.75, 3.05) is 13.1 Å². The second-order valence-corrected chi connectivity index (χ2v) is 19.9. The van der Waals surface area contributed by atoms with E-state index in [1.807, 2.05) is 31.2 Å². The van der Waals surface area contributed by atoms with Gasteiger partial charge in [-0.1, -0.05) is 129 Å². The molecule has 6 atom stereocenters. The van der Waals surface area contributed by atoms with Gasteiger partial charge in [-0.3, -0.25) is 9.59 Å². The SMILES string of the molecule is C1=C(N2CCCC2)CCC(Cc2ccccc2)C1.C=CC.CCCC1CC(Cc2ccccc2)CCC1=O.O=C1CCC2CC(Cc3ccccc3)CCC2N1Cc1nc2ccccc2[nH]1. The van der Waals surface area contributed by atoms with Crippen LogP contribution >= 0.6 is 0 Å². The summed E-state index contributed by atoms with van der Waals surface area (Å²) in [5.41, 5.74) is 8.02. The number of benzene rings is 4. The standard InChI is InChI=1S/C24H27N3O.C17H23N.C16H22O.C3H6/c28-24-13-11-19-15-18(14-17-6-2-1-3-7-17)10-12-22(19)27(24)16-23-25-20-8-4-5-9-21(20)26-23;1-2-6-15(7-3-1)14-16-8-10-17(11-9-16)18-12-4-5-13-18;1-2-6-15-12-14(9-10-16(15)17)11-13-7-4-3-5-8-13;1-3-2/h1-9,18-19,22H,10-16H2,(H,25,26);1-3,6-7,10,16H,4-5,8-9,11-14H2;3-5,7-8,14-15H,2,6,9-12H2,1H3;3H,1H2,2H3. The summed E-state index contributed by atoms with van der Waals surface area (Å²) >= 11 is 0. The number of H-pyrrole nitrogens is 1. The molecule has 6 unspecified atom stereocenters. The molecule has 3 aliphatic carbocycles. The Bertz CT molecular complexity index is 2210. The molecule has 5 aromatic rings. The Labute approximate surface area is 397 Å². The molecule has 4 fully saturated rings. The minimum absolute atomic E-state index is 0.295. The van der Waals surface area contributed by atoms with Gasteiger partial charge in [0.2, 0.25) is 5.91 Å². The molecule has 10 rings (SSSR count). The van der Waals surface area contributed by atoms with Crippen LogP contribution in [-0.2, 0) is 35.4 Å². The lowest BCUT2D eigenvalue weighted by molar-refractivity contribution is -0.141. The minimum Gasteiger partial charge on any atom is -0.375 e. The average Bonchev–Trinajstić information content (AvgIpc) is 4.04.